The van der Waals surface area contributed by atoms with Gasteiger partial charge < -0.3 is 5.32 Å². The zero-order chi connectivity index (χ0) is 13.1. The third-order valence-corrected chi connectivity index (χ3v) is 3.99. The first kappa shape index (κ1) is 12.2. The lowest BCUT2D eigenvalue weighted by molar-refractivity contribution is 0.602. The Kier molecular flexibility index (Phi) is 3.51. The molecule has 3 aromatic rings. The number of nitrogens with zero attached hydrogens (tertiary/aromatic N) is 2. The monoisotopic (exact) mass is 271 g/mol. The molecular weight excluding hydrogens is 254 g/mol. The van der Waals surface area contributed by atoms with Crippen molar-refractivity contribution in [1.29, 1.82) is 0 Å². The summed E-state index contributed by atoms with van der Waals surface area (Å²) >= 11 is 1.78. The molecule has 0 saturated carbocycles. The molecule has 0 amide bonds. The topological polar surface area (TPSA) is 29.9 Å². The van der Waals surface area contributed by atoms with Gasteiger partial charge in [-0.1, -0.05) is 6.92 Å². The van der Waals surface area contributed by atoms with E-state index in [1.54, 1.807) is 11.3 Å². The van der Waals surface area contributed by atoms with E-state index in [9.17, 15) is 0 Å². The number of aryl methyl sites for hydroxylation is 1. The van der Waals surface area contributed by atoms with E-state index in [0.717, 1.165) is 25.2 Å². The summed E-state index contributed by atoms with van der Waals surface area (Å²) in [6.07, 6.45) is 5.16. The number of benzene rings is 1. The van der Waals surface area contributed by atoms with Crippen LogP contribution in [0, 0.1) is 0 Å². The number of rotatable bonds is 5. The lowest BCUT2D eigenvalue weighted by Gasteiger charge is -2.04. The van der Waals surface area contributed by atoms with Gasteiger partial charge in [-0.15, -0.1) is 11.3 Å². The van der Waals surface area contributed by atoms with E-state index in [-0.39, 0.29) is 0 Å². The molecule has 0 aliphatic carbocycles. The van der Waals surface area contributed by atoms with Crippen LogP contribution in [0.3, 0.4) is 0 Å². The van der Waals surface area contributed by atoms with Crippen LogP contribution in [0.1, 0.15) is 18.9 Å². The van der Waals surface area contributed by atoms with Crippen LogP contribution in [0.15, 0.2) is 42.0 Å². The summed E-state index contributed by atoms with van der Waals surface area (Å²) < 4.78 is 3.33. The Bertz CT molecular complexity index is 669. The van der Waals surface area contributed by atoms with Crippen LogP contribution in [-0.4, -0.2) is 9.78 Å². The zero-order valence-electron chi connectivity index (χ0n) is 11.0. The number of hydrogen-bond acceptors (Lipinski definition) is 3. The summed E-state index contributed by atoms with van der Waals surface area (Å²) in [6.45, 7) is 3.97. The van der Waals surface area contributed by atoms with E-state index in [2.05, 4.69) is 53.2 Å². The van der Waals surface area contributed by atoms with Crippen molar-refractivity contribution in [1.82, 2.24) is 9.78 Å². The second-order valence-corrected chi connectivity index (χ2v) is 5.59. The van der Waals surface area contributed by atoms with E-state index in [4.69, 9.17) is 0 Å². The van der Waals surface area contributed by atoms with Gasteiger partial charge in [0.1, 0.15) is 0 Å². The molecule has 0 saturated heterocycles. The van der Waals surface area contributed by atoms with Crippen LogP contribution in [0.25, 0.3) is 10.1 Å². The highest BCUT2D eigenvalue weighted by Gasteiger charge is 2.00. The molecule has 0 radical (unpaired) electrons. The van der Waals surface area contributed by atoms with Gasteiger partial charge in [-0.25, -0.2) is 0 Å². The molecule has 2 heterocycles. The summed E-state index contributed by atoms with van der Waals surface area (Å²) in [5.41, 5.74) is 2.38. The average Bonchev–Trinajstić information content (AvgIpc) is 3.04. The van der Waals surface area contributed by atoms with Gasteiger partial charge >= 0.3 is 0 Å². The number of aromatic nitrogens is 2. The molecule has 0 unspecified atom stereocenters. The Hall–Kier alpha value is -1.81. The van der Waals surface area contributed by atoms with Gasteiger partial charge in [-0.05, 0) is 41.5 Å². The number of thiophene rings is 1. The molecule has 19 heavy (non-hydrogen) atoms. The van der Waals surface area contributed by atoms with Crippen molar-refractivity contribution in [2.24, 2.45) is 0 Å². The predicted octanol–water partition coefficient (Wildman–Crippen LogP) is 4.12. The lowest BCUT2D eigenvalue weighted by atomic mass is 10.2. The Balaban J connectivity index is 1.67. The van der Waals surface area contributed by atoms with Gasteiger partial charge in [-0.2, -0.15) is 5.10 Å². The number of nitrogens with one attached hydrogen (secondary N) is 1. The maximum absolute atomic E-state index is 4.34. The quantitative estimate of drug-likeness (QED) is 0.756. The molecule has 3 nitrogen and oxygen atoms in total. The summed E-state index contributed by atoms with van der Waals surface area (Å²) in [4.78, 5) is 0. The van der Waals surface area contributed by atoms with Crippen LogP contribution >= 0.6 is 11.3 Å². The van der Waals surface area contributed by atoms with E-state index < -0.39 is 0 Å². The Morgan fingerprint density at radius 1 is 1.32 bits per heavy atom. The van der Waals surface area contributed by atoms with Crippen LogP contribution in [-0.2, 0) is 13.1 Å². The van der Waals surface area contributed by atoms with Gasteiger partial charge in [0, 0.05) is 35.2 Å². The normalized spacial score (nSPS) is 11.0. The maximum atomic E-state index is 4.34. The van der Waals surface area contributed by atoms with Crippen molar-refractivity contribution in [3.8, 4) is 0 Å². The number of hydrogen-bond donors (Lipinski definition) is 1. The Morgan fingerprint density at radius 2 is 2.26 bits per heavy atom. The first-order chi connectivity index (χ1) is 9.35. The summed E-state index contributed by atoms with van der Waals surface area (Å²) in [6, 6.07) is 8.66. The van der Waals surface area contributed by atoms with Crippen LogP contribution in [0.2, 0.25) is 0 Å². The fraction of sp³-hybridized carbons (Fsp3) is 0.267. The van der Waals surface area contributed by atoms with Crippen LogP contribution in [0.5, 0.6) is 0 Å². The molecule has 0 fully saturated rings. The Labute approximate surface area is 116 Å². The molecule has 0 aliphatic heterocycles. The Morgan fingerprint density at radius 3 is 3.16 bits per heavy atom. The van der Waals surface area contributed by atoms with E-state index in [1.165, 1.54) is 15.6 Å². The van der Waals surface area contributed by atoms with Crippen molar-refractivity contribution in [3.05, 3.63) is 47.6 Å². The third kappa shape index (κ3) is 2.79. The molecule has 2 aromatic heterocycles. The minimum atomic E-state index is 0.819. The molecule has 0 bridgehead atoms. The van der Waals surface area contributed by atoms with E-state index >= 15 is 0 Å². The minimum Gasteiger partial charge on any atom is -0.381 e. The lowest BCUT2D eigenvalue weighted by Crippen LogP contribution is -1.99. The van der Waals surface area contributed by atoms with Crippen molar-refractivity contribution in [2.75, 3.05) is 5.32 Å². The SMILES string of the molecule is CCCn1cc(CNc2ccc3sccc3c2)cn1. The van der Waals surface area contributed by atoms with Crippen molar-refractivity contribution < 1.29 is 0 Å². The predicted molar refractivity (Wildman–Crippen MR) is 81.7 cm³/mol. The standard InChI is InChI=1S/C15H17N3S/c1-2-6-18-11-12(10-17-18)9-16-14-3-4-15-13(8-14)5-7-19-15/h3-5,7-8,10-11,16H,2,6,9H2,1H3. The maximum Gasteiger partial charge on any atom is 0.0539 e. The summed E-state index contributed by atoms with van der Waals surface area (Å²) in [7, 11) is 0. The van der Waals surface area contributed by atoms with Gasteiger partial charge in [-0.3, -0.25) is 4.68 Å². The highest BCUT2D eigenvalue weighted by atomic mass is 32.1. The van der Waals surface area contributed by atoms with Gasteiger partial charge in [0.05, 0.1) is 6.20 Å². The van der Waals surface area contributed by atoms with E-state index in [1.807, 2.05) is 10.9 Å². The summed E-state index contributed by atoms with van der Waals surface area (Å²) in [5, 5.41) is 11.2. The first-order valence-electron chi connectivity index (χ1n) is 6.57. The highest BCUT2D eigenvalue weighted by Crippen LogP contribution is 2.24. The van der Waals surface area contributed by atoms with Crippen molar-refractivity contribution in [2.45, 2.75) is 26.4 Å². The molecule has 1 aromatic carbocycles. The smallest absolute Gasteiger partial charge is 0.0539 e. The molecule has 3 rings (SSSR count). The highest BCUT2D eigenvalue weighted by molar-refractivity contribution is 7.17. The fourth-order valence-electron chi connectivity index (χ4n) is 2.13. The largest absolute Gasteiger partial charge is 0.381 e. The minimum absolute atomic E-state index is 0.819. The van der Waals surface area contributed by atoms with Crippen LogP contribution in [0.4, 0.5) is 5.69 Å². The van der Waals surface area contributed by atoms with E-state index in [0.29, 0.717) is 0 Å². The van der Waals surface area contributed by atoms with Gasteiger partial charge in [0.25, 0.3) is 0 Å². The fourth-order valence-corrected chi connectivity index (χ4v) is 2.90. The third-order valence-electron chi connectivity index (χ3n) is 3.09. The van der Waals surface area contributed by atoms with Crippen molar-refractivity contribution >= 4 is 27.1 Å². The molecule has 0 spiro atoms. The number of fused-ring (bicyclic) bond motifs is 1. The molecular formula is C15H17N3S. The van der Waals surface area contributed by atoms with Gasteiger partial charge in [0.2, 0.25) is 0 Å². The first-order valence-corrected chi connectivity index (χ1v) is 7.45. The molecule has 1 N–H and O–H groups in total. The van der Waals surface area contributed by atoms with Gasteiger partial charge in [0.15, 0.2) is 0 Å². The molecule has 0 atom stereocenters. The molecule has 4 heteroatoms. The second kappa shape index (κ2) is 5.45. The molecule has 98 valence electrons. The van der Waals surface area contributed by atoms with Crippen molar-refractivity contribution in [3.63, 3.8) is 0 Å². The average molecular weight is 271 g/mol. The summed E-state index contributed by atoms with van der Waals surface area (Å²) in [5.74, 6) is 0. The molecule has 0 aliphatic rings. The van der Waals surface area contributed by atoms with Crippen LogP contribution < -0.4 is 5.32 Å². The second-order valence-electron chi connectivity index (χ2n) is 4.64. The zero-order valence-corrected chi connectivity index (χ0v) is 11.8. The number of anilines is 1.